The molecule has 0 aromatic heterocycles. The van der Waals surface area contributed by atoms with Crippen molar-refractivity contribution >= 4 is 18.6 Å². The van der Waals surface area contributed by atoms with Crippen LogP contribution in [-0.2, 0) is 11.2 Å². The fourth-order valence-electron chi connectivity index (χ4n) is 3.83. The van der Waals surface area contributed by atoms with E-state index < -0.39 is 24.9 Å². The number of aryl methyl sites for hydroxylation is 1. The van der Waals surface area contributed by atoms with Crippen LogP contribution in [0.2, 0.25) is 6.32 Å². The van der Waals surface area contributed by atoms with Gasteiger partial charge in [-0.3, -0.25) is 4.79 Å². The number of rotatable bonds is 4. The Bertz CT molecular complexity index is 811. The highest BCUT2D eigenvalue weighted by molar-refractivity contribution is 6.59. The molecule has 0 spiro atoms. The van der Waals surface area contributed by atoms with Crippen molar-refractivity contribution in [3.63, 3.8) is 0 Å². The summed E-state index contributed by atoms with van der Waals surface area (Å²) in [6.07, 6.45) is -0.251. The lowest BCUT2D eigenvalue weighted by molar-refractivity contribution is -0.142. The van der Waals surface area contributed by atoms with Crippen molar-refractivity contribution in [2.75, 3.05) is 19.6 Å². The minimum absolute atomic E-state index is 0.00411. The molecule has 0 radical (unpaired) electrons. The number of aliphatic hydroxyl groups excluding tert-OH is 1. The van der Waals surface area contributed by atoms with Crippen molar-refractivity contribution in [2.45, 2.75) is 37.4 Å². The van der Waals surface area contributed by atoms with Gasteiger partial charge in [-0.05, 0) is 24.5 Å². The van der Waals surface area contributed by atoms with E-state index in [0.717, 1.165) is 0 Å². The van der Waals surface area contributed by atoms with Crippen LogP contribution >= 0.6 is 0 Å². The number of carbonyl (C=O) groups excluding carboxylic acids is 1. The van der Waals surface area contributed by atoms with Crippen molar-refractivity contribution in [1.29, 1.82) is 0 Å². The smallest absolute Gasteiger partial charge is 0.430 e. The number of carboxylic acids is 1. The summed E-state index contributed by atoms with van der Waals surface area (Å²) < 4.78 is 10.9. The van der Waals surface area contributed by atoms with E-state index in [9.17, 15) is 29.9 Å². The van der Waals surface area contributed by atoms with E-state index in [1.807, 2.05) is 0 Å². The fraction of sp³-hybridized carbons (Fsp3) is 0.529. The highest BCUT2D eigenvalue weighted by atomic mass is 16.6. The van der Waals surface area contributed by atoms with Crippen LogP contribution in [0, 0.1) is 0 Å². The second-order valence-corrected chi connectivity index (χ2v) is 7.58. The van der Waals surface area contributed by atoms with E-state index in [0.29, 0.717) is 31.6 Å². The molecule has 2 fully saturated rings. The molecule has 11 heteroatoms. The number of nitrogens with one attached hydrogen (secondary N) is 1. The highest BCUT2D eigenvalue weighted by Crippen LogP contribution is 2.39. The van der Waals surface area contributed by atoms with E-state index in [1.165, 1.54) is 6.07 Å². The average Bonchev–Trinajstić information content (AvgIpc) is 3.02. The molecule has 0 saturated carbocycles. The largest absolute Gasteiger partial charge is 0.669 e. The molecule has 1 amide bonds. The summed E-state index contributed by atoms with van der Waals surface area (Å²) in [5.41, 5.74) is 0.318. The zero-order chi connectivity index (χ0) is 20.1. The highest BCUT2D eigenvalue weighted by Gasteiger charge is 2.39. The maximum absolute atomic E-state index is 12.3. The number of hydrogen-bond acceptors (Lipinski definition) is 8. The summed E-state index contributed by atoms with van der Waals surface area (Å²) in [5.74, 6) is -1.43. The van der Waals surface area contributed by atoms with Crippen LogP contribution in [-0.4, -0.2) is 81.7 Å². The van der Waals surface area contributed by atoms with Gasteiger partial charge >= 0.3 is 12.7 Å². The normalized spacial score (nSPS) is 26.2. The van der Waals surface area contributed by atoms with E-state index in [2.05, 4.69) is 5.32 Å². The fourth-order valence-corrected chi connectivity index (χ4v) is 3.83. The van der Waals surface area contributed by atoms with Gasteiger partial charge in [0.15, 0.2) is 0 Å². The monoisotopic (exact) mass is 393 g/mol. The Balaban J connectivity index is 1.45. The minimum Gasteiger partial charge on any atom is -0.669 e. The zero-order valence-electron chi connectivity index (χ0n) is 15.1. The number of fused-ring (bicyclic) bond motifs is 1. The second kappa shape index (κ2) is 6.92. The topological polar surface area (TPSA) is 149 Å². The van der Waals surface area contributed by atoms with Crippen molar-refractivity contribution in [2.24, 2.45) is 0 Å². The van der Waals surface area contributed by atoms with Gasteiger partial charge < -0.3 is 39.9 Å². The quantitative estimate of drug-likeness (QED) is 0.388. The maximum Gasteiger partial charge on any atom is 0.430 e. The van der Waals surface area contributed by atoms with E-state index in [4.69, 9.17) is 9.39 Å². The van der Waals surface area contributed by atoms with Crippen molar-refractivity contribution in [1.82, 2.24) is 10.2 Å². The number of hydrogen-bond donors (Lipinski definition) is 5. The summed E-state index contributed by atoms with van der Waals surface area (Å²) in [6, 6.07) is 2.76. The summed E-state index contributed by atoms with van der Waals surface area (Å²) >= 11 is 0. The van der Waals surface area contributed by atoms with E-state index >= 15 is 0 Å². The van der Waals surface area contributed by atoms with Gasteiger partial charge in [-0.15, -0.1) is 0 Å². The van der Waals surface area contributed by atoms with Crippen molar-refractivity contribution < 1.29 is 39.2 Å². The van der Waals surface area contributed by atoms with Crippen LogP contribution in [0.3, 0.4) is 0 Å². The number of aliphatic hydroxyl groups is 1. The van der Waals surface area contributed by atoms with Gasteiger partial charge in [0.1, 0.15) is 17.4 Å². The average molecular weight is 393 g/mol. The molecule has 2 saturated heterocycles. The molecule has 3 aliphatic heterocycles. The van der Waals surface area contributed by atoms with Crippen LogP contribution < -0.4 is 14.7 Å². The molecule has 1 aromatic rings. The molecule has 2 atom stereocenters. The Morgan fingerprint density at radius 3 is 2.68 bits per heavy atom. The Morgan fingerprint density at radius 1 is 1.29 bits per heavy atom. The number of aromatic carboxylic acids is 1. The molecule has 152 valence electrons. The number of carboxylic acid groups (broad SMARTS) is 1. The maximum atomic E-state index is 12.3. The number of nitrogens with zero attached hydrogens (tertiary/aromatic N) is 1. The second-order valence-electron chi connectivity index (χ2n) is 7.58. The Hall–Kier alpha value is -2.34. The van der Waals surface area contributed by atoms with Crippen molar-refractivity contribution in [3.05, 3.63) is 23.3 Å². The number of β-amino-alcohol motifs (C(OH)–C–C–N with tert-alkyl or cyclic N) is 1. The standard InChI is InChI=1S/C17H22BN2O8/c21-10-5-12(19-6-10)16(22)20-7-11(8-20)27-13-2-1-9-3-4-18(25,26)28-15(9)14(13)17(23)24/h1-2,10-12,19,21,25-26H,3-8H2,(H,23,24)/q-1/t10-,12-/m0/s1. The van der Waals surface area contributed by atoms with Crippen molar-refractivity contribution in [3.8, 4) is 11.5 Å². The lowest BCUT2D eigenvalue weighted by Crippen LogP contribution is -2.59. The number of amides is 1. The third kappa shape index (κ3) is 3.53. The third-order valence-electron chi connectivity index (χ3n) is 5.37. The van der Waals surface area contributed by atoms with Crippen LogP contribution in [0.1, 0.15) is 22.3 Å². The first-order chi connectivity index (χ1) is 13.2. The molecule has 0 unspecified atom stereocenters. The van der Waals surface area contributed by atoms with E-state index in [1.54, 1.807) is 11.0 Å². The number of carbonyl (C=O) groups is 2. The van der Waals surface area contributed by atoms with Crippen LogP contribution in [0.15, 0.2) is 12.1 Å². The van der Waals surface area contributed by atoms with Gasteiger partial charge in [-0.1, -0.05) is 12.4 Å². The van der Waals surface area contributed by atoms with E-state index in [-0.39, 0.29) is 41.8 Å². The molecule has 5 N–H and O–H groups in total. The molecular formula is C17H22BN2O8-. The van der Waals surface area contributed by atoms with Crippen LogP contribution in [0.4, 0.5) is 0 Å². The van der Waals surface area contributed by atoms with Gasteiger partial charge in [0.25, 0.3) is 0 Å². The SMILES string of the molecule is O=C(O)c1c(OC2CN(C(=O)[C@@H]3C[C@H](O)CN3)C2)ccc2c1O[B-](O)(O)CC2. The van der Waals surface area contributed by atoms with Crippen LogP contribution in [0.5, 0.6) is 11.5 Å². The zero-order valence-corrected chi connectivity index (χ0v) is 15.1. The first-order valence-corrected chi connectivity index (χ1v) is 9.29. The molecule has 3 heterocycles. The number of likely N-dealkylation sites (tertiary alicyclic amines) is 1. The first-order valence-electron chi connectivity index (χ1n) is 9.29. The molecule has 0 bridgehead atoms. The summed E-state index contributed by atoms with van der Waals surface area (Å²) in [7, 11) is 0. The van der Waals surface area contributed by atoms with Gasteiger partial charge in [-0.2, -0.15) is 0 Å². The summed E-state index contributed by atoms with van der Waals surface area (Å²) in [4.78, 5) is 25.7. The van der Waals surface area contributed by atoms with Gasteiger partial charge in [0.2, 0.25) is 5.91 Å². The Kier molecular flexibility index (Phi) is 4.70. The molecule has 0 aliphatic carbocycles. The van der Waals surface area contributed by atoms with Crippen LogP contribution in [0.25, 0.3) is 0 Å². The first kappa shape index (κ1) is 19.0. The predicted octanol–water partition coefficient (Wildman–Crippen LogP) is -1.44. The molecular weight excluding hydrogens is 371 g/mol. The third-order valence-corrected chi connectivity index (χ3v) is 5.37. The molecule has 3 aliphatic rings. The predicted molar refractivity (Wildman–Crippen MR) is 96.1 cm³/mol. The number of benzene rings is 1. The number of ether oxygens (including phenoxy) is 1. The molecule has 4 rings (SSSR count). The minimum atomic E-state index is -3.10. The lowest BCUT2D eigenvalue weighted by Gasteiger charge is -2.41. The Labute approximate surface area is 160 Å². The van der Waals surface area contributed by atoms with Gasteiger partial charge in [-0.25, -0.2) is 4.79 Å². The molecule has 10 nitrogen and oxygen atoms in total. The summed E-state index contributed by atoms with van der Waals surface area (Å²) in [5, 5.41) is 41.6. The summed E-state index contributed by atoms with van der Waals surface area (Å²) in [6.45, 7) is -2.10. The molecule has 1 aromatic carbocycles. The lowest BCUT2D eigenvalue weighted by atomic mass is 9.70. The van der Waals surface area contributed by atoms with Gasteiger partial charge in [0.05, 0.1) is 31.0 Å². The van der Waals surface area contributed by atoms with Gasteiger partial charge in [0, 0.05) is 6.54 Å². The molecule has 28 heavy (non-hydrogen) atoms. The Morgan fingerprint density at radius 2 is 2.04 bits per heavy atom.